The standard InChI is InChI=1S/C79H99ClN16O15/c1-44(2)35-60(76(108)95-70(94-68(101)31-33-83-45(3)4)79(111)96-34-12-16-67(96)78(110)84-46(5)69(81)102)88-72(104)63(38-51-20-27-58(28-21-51)85-47(6)98)90-74(106)64(39-52-22-29-59(30-23-52)86-48(7)99)92-77(109)66(43-97)93-75(107)65(41-54-13-11-32-82-42-54)91-73(105)62(37-50-18-25-57(80)26-19-50)89-71(103)61(87-49(8)100)40-53-17-24-55-14-9-10-15-56(55)36-53/h9-11,13-15,17-30,32,36,42,44-46,60-67,70,83,97H,12,16,31,33-35,37-41,43H2,1-8H3,(H2,81,102)(H,84,110)(H,85,98)(H,86,99)(H,87,100)(H,88,104)(H,89,103)(H,90,106)(H,91,105)(H,92,109)(H,93,107)(H,94,101)(H,95,108)/t46-,60+,61-,62-,63-,64+,65-,66+,67-,70+/m1/s1. The molecule has 32 heteroatoms. The number of aromatic nitrogens is 1. The summed E-state index contributed by atoms with van der Waals surface area (Å²) in [5.41, 5.74) is 8.60. The molecule has 1 saturated heterocycles. The zero-order valence-corrected chi connectivity index (χ0v) is 64.0. The number of primary amides is 1. The van der Waals surface area contributed by atoms with Crippen molar-refractivity contribution in [2.24, 2.45) is 11.7 Å². The summed E-state index contributed by atoms with van der Waals surface area (Å²) in [6.45, 7) is 11.5. The Hall–Kier alpha value is -11.7. The van der Waals surface area contributed by atoms with E-state index < -0.39 is 138 Å². The summed E-state index contributed by atoms with van der Waals surface area (Å²) in [6.07, 6.45) is 0.249. The number of likely N-dealkylation sites (tertiary alicyclic amines) is 1. The van der Waals surface area contributed by atoms with Crippen molar-refractivity contribution in [2.75, 3.05) is 30.3 Å². The lowest BCUT2D eigenvalue weighted by molar-refractivity contribution is -0.144. The first-order chi connectivity index (χ1) is 52.8. The van der Waals surface area contributed by atoms with Crippen LogP contribution < -0.4 is 74.9 Å². The van der Waals surface area contributed by atoms with Gasteiger partial charge in [-0.3, -0.25) is 72.1 Å². The molecule has 14 amide bonds. The summed E-state index contributed by atoms with van der Waals surface area (Å²) in [7, 11) is 0. The predicted molar refractivity (Wildman–Crippen MR) is 415 cm³/mol. The molecular formula is C79H99ClN16O15. The zero-order valence-electron chi connectivity index (χ0n) is 63.2. The van der Waals surface area contributed by atoms with E-state index in [-0.39, 0.29) is 88.2 Å². The van der Waals surface area contributed by atoms with Crippen LogP contribution in [-0.4, -0.2) is 184 Å². The third kappa shape index (κ3) is 28.0. The number of nitrogens with zero attached hydrogens (tertiary/aromatic N) is 2. The molecule has 5 aromatic carbocycles. The van der Waals surface area contributed by atoms with E-state index in [9.17, 15) is 62.6 Å². The Balaban J connectivity index is 1.19. The fraction of sp³-hybridized carbons (Fsp3) is 0.405. The van der Waals surface area contributed by atoms with Crippen LogP contribution in [0.25, 0.3) is 10.8 Å². The smallest absolute Gasteiger partial charge is 0.266 e. The van der Waals surface area contributed by atoms with Gasteiger partial charge in [0, 0.05) is 107 Å². The van der Waals surface area contributed by atoms with Crippen molar-refractivity contribution >= 4 is 116 Å². The lowest BCUT2D eigenvalue weighted by atomic mass is 9.99. The number of hydrogen-bond donors (Lipinski definition) is 15. The number of pyridine rings is 1. The quantitative estimate of drug-likeness (QED) is 0.0244. The van der Waals surface area contributed by atoms with Gasteiger partial charge in [-0.2, -0.15) is 0 Å². The van der Waals surface area contributed by atoms with E-state index in [1.165, 1.54) is 52.2 Å². The molecule has 1 aliphatic rings. The summed E-state index contributed by atoms with van der Waals surface area (Å²) >= 11 is 6.26. The van der Waals surface area contributed by atoms with Gasteiger partial charge in [-0.25, -0.2) is 0 Å². The Bertz CT molecular complexity index is 4290. The van der Waals surface area contributed by atoms with Crippen molar-refractivity contribution in [1.29, 1.82) is 0 Å². The molecule has 0 radical (unpaired) electrons. The van der Waals surface area contributed by atoms with Gasteiger partial charge < -0.3 is 84.9 Å². The molecule has 592 valence electrons. The van der Waals surface area contributed by atoms with Crippen LogP contribution in [0.1, 0.15) is 109 Å². The lowest BCUT2D eigenvalue weighted by Gasteiger charge is -2.31. The minimum atomic E-state index is -1.88. The number of benzene rings is 5. The van der Waals surface area contributed by atoms with Crippen LogP contribution in [-0.2, 0) is 99.2 Å². The fourth-order valence-electron chi connectivity index (χ4n) is 12.3. The number of carbonyl (C=O) groups is 14. The molecule has 111 heavy (non-hydrogen) atoms. The topological polar surface area (TPSA) is 458 Å². The third-order valence-corrected chi connectivity index (χ3v) is 18.2. The van der Waals surface area contributed by atoms with Gasteiger partial charge in [-0.15, -0.1) is 0 Å². The van der Waals surface area contributed by atoms with Crippen molar-refractivity contribution in [3.63, 3.8) is 0 Å². The third-order valence-electron chi connectivity index (χ3n) is 17.9. The molecule has 0 unspecified atom stereocenters. The van der Waals surface area contributed by atoms with Crippen molar-refractivity contribution < 1.29 is 72.2 Å². The van der Waals surface area contributed by atoms with Gasteiger partial charge in [0.15, 0.2) is 6.17 Å². The molecule has 0 aliphatic carbocycles. The van der Waals surface area contributed by atoms with Crippen molar-refractivity contribution in [3.8, 4) is 0 Å². The highest BCUT2D eigenvalue weighted by Crippen LogP contribution is 2.22. The van der Waals surface area contributed by atoms with Gasteiger partial charge in [0.1, 0.15) is 54.4 Å². The number of nitrogens with two attached hydrogens (primary N) is 1. The molecule has 0 saturated carbocycles. The Kier molecular flexibility index (Phi) is 33.0. The minimum Gasteiger partial charge on any atom is -0.394 e. The number of hydrogen-bond acceptors (Lipinski definition) is 17. The number of fused-ring (bicyclic) bond motifs is 1. The molecule has 1 fully saturated rings. The average Bonchev–Trinajstić information content (AvgIpc) is 1.80. The Morgan fingerprint density at radius 3 is 1.41 bits per heavy atom. The van der Waals surface area contributed by atoms with Crippen LogP contribution >= 0.6 is 11.6 Å². The molecule has 10 atom stereocenters. The van der Waals surface area contributed by atoms with Gasteiger partial charge in [-0.05, 0) is 113 Å². The second kappa shape index (κ2) is 42.3. The van der Waals surface area contributed by atoms with Crippen LogP contribution in [0.4, 0.5) is 11.4 Å². The first kappa shape index (κ1) is 86.5. The average molecular weight is 1550 g/mol. The summed E-state index contributed by atoms with van der Waals surface area (Å²) < 4.78 is 0. The number of nitrogens with one attached hydrogen (secondary N) is 13. The van der Waals surface area contributed by atoms with Crippen molar-refractivity contribution in [1.82, 2.24) is 68.4 Å². The monoisotopic (exact) mass is 1550 g/mol. The summed E-state index contributed by atoms with van der Waals surface area (Å²) in [6, 6.07) is 22.0. The molecule has 16 N–H and O–H groups in total. The number of anilines is 2. The van der Waals surface area contributed by atoms with Crippen LogP contribution in [0.3, 0.4) is 0 Å². The molecule has 0 bridgehead atoms. The van der Waals surface area contributed by atoms with E-state index >= 15 is 9.59 Å². The molecule has 2 heterocycles. The Morgan fingerprint density at radius 1 is 0.495 bits per heavy atom. The maximum Gasteiger partial charge on any atom is 0.266 e. The van der Waals surface area contributed by atoms with E-state index in [0.717, 1.165) is 15.7 Å². The summed E-state index contributed by atoms with van der Waals surface area (Å²) in [5.74, 6) is -11.5. The Morgan fingerprint density at radius 2 is 0.946 bits per heavy atom. The Labute approximate surface area is 648 Å². The molecule has 1 aliphatic heterocycles. The lowest BCUT2D eigenvalue weighted by Crippen LogP contribution is -2.63. The molecule has 1 aromatic heterocycles. The summed E-state index contributed by atoms with van der Waals surface area (Å²) in [4.78, 5) is 200. The fourth-order valence-corrected chi connectivity index (χ4v) is 12.4. The largest absolute Gasteiger partial charge is 0.394 e. The minimum absolute atomic E-state index is 0.0148. The normalized spacial score (nSPS) is 14.9. The van der Waals surface area contributed by atoms with Crippen LogP contribution in [0.5, 0.6) is 0 Å². The predicted octanol–water partition coefficient (Wildman–Crippen LogP) is 1.70. The van der Waals surface area contributed by atoms with Crippen LogP contribution in [0.2, 0.25) is 5.02 Å². The first-order valence-corrected chi connectivity index (χ1v) is 37.0. The number of rotatable bonds is 39. The highest BCUT2D eigenvalue weighted by Gasteiger charge is 2.41. The van der Waals surface area contributed by atoms with E-state index in [4.69, 9.17) is 17.3 Å². The van der Waals surface area contributed by atoms with Crippen molar-refractivity contribution in [3.05, 3.63) is 173 Å². The number of amides is 14. The van der Waals surface area contributed by atoms with Gasteiger partial charge >= 0.3 is 0 Å². The van der Waals surface area contributed by atoms with Gasteiger partial charge in [-0.1, -0.05) is 124 Å². The van der Waals surface area contributed by atoms with E-state index in [2.05, 4.69) is 74.1 Å². The van der Waals surface area contributed by atoms with E-state index in [1.54, 1.807) is 86.6 Å². The van der Waals surface area contributed by atoms with Crippen LogP contribution in [0.15, 0.2) is 140 Å². The maximum atomic E-state index is 15.3. The molecule has 6 aromatic rings. The number of carbonyl (C=O) groups excluding carboxylic acids is 14. The second-order valence-corrected chi connectivity index (χ2v) is 28.5. The molecule has 31 nitrogen and oxygen atoms in total. The van der Waals surface area contributed by atoms with E-state index in [0.29, 0.717) is 50.6 Å². The highest BCUT2D eigenvalue weighted by atomic mass is 35.5. The number of halogens is 1. The molecular weight excluding hydrogens is 1450 g/mol. The van der Waals surface area contributed by atoms with Gasteiger partial charge in [0.05, 0.1) is 6.61 Å². The number of aliphatic hydroxyl groups excluding tert-OH is 1. The molecule has 0 spiro atoms. The highest BCUT2D eigenvalue weighted by molar-refractivity contribution is 6.30. The van der Waals surface area contributed by atoms with Crippen LogP contribution in [0, 0.1) is 5.92 Å². The zero-order chi connectivity index (χ0) is 81.0. The van der Waals surface area contributed by atoms with Gasteiger partial charge in [0.2, 0.25) is 76.8 Å². The SMILES string of the molecule is CC(=O)Nc1ccc(C[C@H](NC(=O)[C@H](CO)NC(=O)[C@@H](Cc2cccnc2)NC(=O)[C@@H](Cc2ccc(Cl)cc2)NC(=O)[C@@H](Cc2ccc3ccccc3c2)NC(C)=O)C(=O)N[C@H](Cc2ccc(NC(C)=O)cc2)C(=O)N[C@@H](CC(C)C)C(=O)N[C@H](NC(=O)CCNC(C)C)C(=O)N2CCC[C@@H]2C(=O)N[C@H](C)C(N)=O)cc1. The maximum absolute atomic E-state index is 15.3. The molecule has 7 rings (SSSR count). The van der Waals surface area contributed by atoms with Crippen molar-refractivity contribution in [2.45, 2.75) is 180 Å². The summed E-state index contributed by atoms with van der Waals surface area (Å²) in [5, 5.41) is 48.1. The first-order valence-electron chi connectivity index (χ1n) is 36.6. The number of aliphatic hydroxyl groups is 1. The van der Waals surface area contributed by atoms with Gasteiger partial charge in [0.25, 0.3) is 5.91 Å². The second-order valence-electron chi connectivity index (χ2n) is 28.1. The van der Waals surface area contributed by atoms with E-state index in [1.807, 2.05) is 56.3 Å².